The van der Waals surface area contributed by atoms with Crippen LogP contribution in [-0.4, -0.2) is 120 Å². The Bertz CT molecular complexity index is 2990. The van der Waals surface area contributed by atoms with E-state index in [1.54, 1.807) is 23.1 Å². The van der Waals surface area contributed by atoms with Crippen molar-refractivity contribution in [2.24, 2.45) is 5.41 Å². The van der Waals surface area contributed by atoms with Crippen molar-refractivity contribution in [2.45, 2.75) is 69.4 Å². The summed E-state index contributed by atoms with van der Waals surface area (Å²) in [6, 6.07) is 21.1. The highest BCUT2D eigenvalue weighted by Gasteiger charge is 2.34. The molecular formula is C49H54ClN9O7S. The molecule has 6 heterocycles. The molecule has 0 radical (unpaired) electrons. The van der Waals surface area contributed by atoms with Crippen LogP contribution in [0.4, 0.5) is 11.4 Å². The monoisotopic (exact) mass is 947 g/mol. The number of H-pyrrole nitrogens is 1. The number of sulfonamides is 1. The molecule has 3 aliphatic heterocycles. The minimum atomic E-state index is -4.60. The Labute approximate surface area is 394 Å². The Hall–Kier alpha value is -5.85. The van der Waals surface area contributed by atoms with Crippen molar-refractivity contribution in [3.8, 4) is 11.4 Å². The van der Waals surface area contributed by atoms with Crippen molar-refractivity contribution in [3.05, 3.63) is 117 Å². The second-order valence-electron chi connectivity index (χ2n) is 18.9. The zero-order chi connectivity index (χ0) is 46.5. The summed E-state index contributed by atoms with van der Waals surface area (Å²) in [5.74, 6) is -0.934. The summed E-state index contributed by atoms with van der Waals surface area (Å²) in [4.78, 5) is 41.7. The van der Waals surface area contributed by atoms with Crippen LogP contribution < -0.4 is 14.4 Å². The number of piperazine rings is 1. The number of nitro groups is 1. The minimum Gasteiger partial charge on any atom is -0.482 e. The number of nitro benzene ring substituents is 1. The average Bonchev–Trinajstić information content (AvgIpc) is 4.09. The highest BCUT2D eigenvalue weighted by Crippen LogP contribution is 2.43. The molecule has 1 amide bonds. The summed E-state index contributed by atoms with van der Waals surface area (Å²) in [6.45, 7) is 11.5. The summed E-state index contributed by atoms with van der Waals surface area (Å²) >= 11 is 6.27. The Kier molecular flexibility index (Phi) is 12.3. The lowest BCUT2D eigenvalue weighted by Gasteiger charge is -2.39. The number of hydrogen-bond acceptors (Lipinski definition) is 12. The van der Waals surface area contributed by atoms with Gasteiger partial charge >= 0.3 is 5.69 Å². The molecule has 3 aromatic heterocycles. The number of ether oxygens (including phenoxy) is 2. The first-order chi connectivity index (χ1) is 32.3. The molecule has 3 aromatic carbocycles. The maximum Gasteiger partial charge on any atom is 0.312 e. The van der Waals surface area contributed by atoms with Gasteiger partial charge in [0, 0.05) is 99.6 Å². The predicted octanol–water partition coefficient (Wildman–Crippen LogP) is 8.00. The van der Waals surface area contributed by atoms with Gasteiger partial charge in [-0.05, 0) is 110 Å². The van der Waals surface area contributed by atoms with Crippen LogP contribution in [0.5, 0.6) is 5.75 Å². The lowest BCUT2D eigenvalue weighted by molar-refractivity contribution is -0.386. The van der Waals surface area contributed by atoms with E-state index in [-0.39, 0.29) is 22.8 Å². The average molecular weight is 949 g/mol. The number of carbonyl (C=O) groups is 1. The van der Waals surface area contributed by atoms with Gasteiger partial charge in [0.05, 0.1) is 26.6 Å². The number of rotatable bonds is 12. The third kappa shape index (κ3) is 9.52. The number of carbonyl (C=O) groups excluding carboxylic acids is 1. The van der Waals surface area contributed by atoms with Crippen LogP contribution in [0.15, 0.2) is 95.7 Å². The number of fused-ring (bicyclic) bond motifs is 2. The van der Waals surface area contributed by atoms with Gasteiger partial charge in [0.25, 0.3) is 15.9 Å². The minimum absolute atomic E-state index is 0.0246. The number of nitrogens with zero attached hydrogens (tertiary/aromatic N) is 7. The van der Waals surface area contributed by atoms with Crippen LogP contribution >= 0.6 is 11.6 Å². The molecule has 350 valence electrons. The maximum absolute atomic E-state index is 14.3. The summed E-state index contributed by atoms with van der Waals surface area (Å²) in [6.07, 6.45) is 8.83. The number of anilines is 1. The van der Waals surface area contributed by atoms with Gasteiger partial charge in [0.15, 0.2) is 11.4 Å². The van der Waals surface area contributed by atoms with E-state index < -0.39 is 31.4 Å². The molecule has 18 heteroatoms. The number of benzene rings is 3. The van der Waals surface area contributed by atoms with Crippen molar-refractivity contribution < 1.29 is 27.6 Å². The molecule has 10 rings (SSSR count). The smallest absolute Gasteiger partial charge is 0.312 e. The number of pyridine rings is 1. The number of hydrogen-bond donors (Lipinski definition) is 2. The topological polar surface area (TPSA) is 181 Å². The summed E-state index contributed by atoms with van der Waals surface area (Å²) in [5.41, 5.74) is 6.99. The molecule has 1 unspecified atom stereocenters. The fourth-order valence-corrected chi connectivity index (χ4v) is 11.3. The Morgan fingerprint density at radius 3 is 2.57 bits per heavy atom. The third-order valence-electron chi connectivity index (χ3n) is 13.9. The zero-order valence-corrected chi connectivity index (χ0v) is 39.2. The fraction of sp³-hybridized carbons (Fsp3) is 0.408. The second-order valence-corrected chi connectivity index (χ2v) is 21.1. The summed E-state index contributed by atoms with van der Waals surface area (Å²) in [7, 11) is -4.60. The number of likely N-dealkylation sites (tertiary alicyclic amines) is 1. The lowest BCUT2D eigenvalue weighted by atomic mass is 9.72. The first-order valence-corrected chi connectivity index (χ1v) is 24.9. The normalized spacial score (nSPS) is 19.9. The SMILES string of the molecule is CC1(C)CCC(CN2CCN(c3ccc(C(=O)NS(=O)(=O)c4ccc(OC5CCN(C6CCOCC6)C5)c([N+](=O)[O-])c4)c(-n4[nH]cc5nc6nccc6cc54)c3)CC2)=C(c2ccc(Cl)cc2)C1. The molecule has 3 saturated heterocycles. The van der Waals surface area contributed by atoms with Crippen molar-refractivity contribution in [1.29, 1.82) is 0 Å². The van der Waals surface area contributed by atoms with E-state index >= 15 is 0 Å². The number of allylic oxidation sites excluding steroid dienone is 1. The van der Waals surface area contributed by atoms with E-state index in [0.29, 0.717) is 54.6 Å². The van der Waals surface area contributed by atoms with Crippen LogP contribution in [0.25, 0.3) is 33.3 Å². The fourth-order valence-electron chi connectivity index (χ4n) is 10.2. The Morgan fingerprint density at radius 1 is 1.00 bits per heavy atom. The Balaban J connectivity index is 0.894. The highest BCUT2D eigenvalue weighted by atomic mass is 35.5. The summed E-state index contributed by atoms with van der Waals surface area (Å²) in [5, 5.41) is 17.1. The first-order valence-electron chi connectivity index (χ1n) is 23.0. The predicted molar refractivity (Wildman–Crippen MR) is 258 cm³/mol. The van der Waals surface area contributed by atoms with Gasteiger partial charge in [0.2, 0.25) is 0 Å². The molecule has 0 saturated carbocycles. The molecule has 67 heavy (non-hydrogen) atoms. The van der Waals surface area contributed by atoms with E-state index in [2.05, 4.69) is 55.5 Å². The van der Waals surface area contributed by atoms with Gasteiger partial charge in [-0.2, -0.15) is 0 Å². The van der Waals surface area contributed by atoms with Gasteiger partial charge < -0.3 is 14.4 Å². The van der Waals surface area contributed by atoms with E-state index in [0.717, 1.165) is 93.5 Å². The molecule has 2 N–H and O–H groups in total. The van der Waals surface area contributed by atoms with Crippen LogP contribution in [0.1, 0.15) is 68.3 Å². The van der Waals surface area contributed by atoms with Gasteiger partial charge in [-0.15, -0.1) is 0 Å². The molecule has 0 bridgehead atoms. The number of aromatic nitrogens is 4. The van der Waals surface area contributed by atoms with E-state index in [4.69, 9.17) is 26.1 Å². The summed E-state index contributed by atoms with van der Waals surface area (Å²) < 4.78 is 43.5. The van der Waals surface area contributed by atoms with Gasteiger partial charge in [-0.3, -0.25) is 34.5 Å². The standard InChI is InChI=1S/C49H54ClN9O7S/c1-49(2)16-11-34(41(28-49)32-3-5-35(50)6-4-32)30-55-19-21-56(22-20-55)37-7-9-40(43(26-37)58-44-25-33-12-17-51-47(33)53-42(44)29-52-58)48(60)54-67(63,64)39-8-10-46(45(27-39)59(61)62)66-38-13-18-57(31-38)36-14-23-65-24-15-36/h3-10,12,17,25-27,29,36,38,52H,11,13-16,18-24,28,30-31H2,1-2H3,(H,54,60). The van der Waals surface area contributed by atoms with Crippen molar-refractivity contribution >= 4 is 66.5 Å². The van der Waals surface area contributed by atoms with E-state index in [9.17, 15) is 23.3 Å². The van der Waals surface area contributed by atoms with Gasteiger partial charge in [-0.1, -0.05) is 43.2 Å². The second kappa shape index (κ2) is 18.3. The third-order valence-corrected chi connectivity index (χ3v) is 15.5. The van der Waals surface area contributed by atoms with Crippen LogP contribution in [0.3, 0.4) is 0 Å². The zero-order valence-electron chi connectivity index (χ0n) is 37.6. The van der Waals surface area contributed by atoms with Crippen LogP contribution in [0, 0.1) is 15.5 Å². The van der Waals surface area contributed by atoms with E-state index in [1.165, 1.54) is 28.8 Å². The van der Waals surface area contributed by atoms with Crippen molar-refractivity contribution in [3.63, 3.8) is 0 Å². The van der Waals surface area contributed by atoms with E-state index in [1.807, 2.05) is 36.4 Å². The maximum atomic E-state index is 14.3. The highest BCUT2D eigenvalue weighted by molar-refractivity contribution is 7.90. The van der Waals surface area contributed by atoms with Crippen LogP contribution in [-0.2, 0) is 14.8 Å². The molecule has 3 fully saturated rings. The Morgan fingerprint density at radius 2 is 1.79 bits per heavy atom. The molecule has 6 aromatic rings. The van der Waals surface area contributed by atoms with Gasteiger partial charge in [-0.25, -0.2) is 23.1 Å². The number of amides is 1. The van der Waals surface area contributed by atoms with Gasteiger partial charge in [0.1, 0.15) is 11.6 Å². The van der Waals surface area contributed by atoms with Crippen molar-refractivity contribution in [1.82, 2.24) is 34.3 Å². The molecular weight excluding hydrogens is 894 g/mol. The molecule has 1 aliphatic carbocycles. The number of nitrogens with one attached hydrogen (secondary N) is 2. The lowest BCUT2D eigenvalue weighted by Crippen LogP contribution is -2.47. The number of halogens is 1. The molecule has 4 aliphatic rings. The van der Waals surface area contributed by atoms with Crippen molar-refractivity contribution in [2.75, 3.05) is 63.9 Å². The molecule has 16 nitrogen and oxygen atoms in total. The van der Waals surface area contributed by atoms with Crippen LogP contribution in [0.2, 0.25) is 5.02 Å². The number of aromatic amines is 1. The quantitative estimate of drug-likeness (QED) is 0.0893. The molecule has 0 spiro atoms. The molecule has 1 atom stereocenters. The first kappa shape index (κ1) is 45.0. The largest absolute Gasteiger partial charge is 0.482 e.